The normalized spacial score (nSPS) is 16.0. The molecule has 0 fully saturated rings. The third-order valence-electron chi connectivity index (χ3n) is 4.09. The second-order valence-electron chi connectivity index (χ2n) is 6.00. The lowest BCUT2D eigenvalue weighted by Gasteiger charge is -2.18. The van der Waals surface area contributed by atoms with Crippen molar-refractivity contribution in [3.63, 3.8) is 0 Å². The summed E-state index contributed by atoms with van der Waals surface area (Å²) in [5.41, 5.74) is 1.01. The maximum Gasteiger partial charge on any atom is 0.389 e. The molecule has 0 saturated heterocycles. The number of alkyl halides is 3. The van der Waals surface area contributed by atoms with Crippen molar-refractivity contribution in [2.75, 3.05) is 5.32 Å². The van der Waals surface area contributed by atoms with E-state index in [0.29, 0.717) is 5.56 Å². The van der Waals surface area contributed by atoms with E-state index in [2.05, 4.69) is 10.6 Å². The Hall–Kier alpha value is -2.61. The molecule has 0 bridgehead atoms. The van der Waals surface area contributed by atoms with E-state index in [9.17, 15) is 27.2 Å². The second-order valence-corrected chi connectivity index (χ2v) is 6.41. The van der Waals surface area contributed by atoms with Crippen LogP contribution in [0.25, 0.3) is 0 Å². The molecule has 1 heterocycles. The van der Waals surface area contributed by atoms with Gasteiger partial charge in [0.15, 0.2) is 0 Å². The van der Waals surface area contributed by atoms with Crippen LogP contribution in [0.1, 0.15) is 40.4 Å². The number of benzene rings is 2. The molecule has 0 unspecified atom stereocenters. The quantitative estimate of drug-likeness (QED) is 0.737. The molecule has 2 N–H and O–H groups in total. The Morgan fingerprint density at radius 3 is 2.67 bits per heavy atom. The van der Waals surface area contributed by atoms with Gasteiger partial charge >= 0.3 is 6.18 Å². The van der Waals surface area contributed by atoms with Gasteiger partial charge in [0.2, 0.25) is 5.91 Å². The first-order valence-electron chi connectivity index (χ1n) is 7.91. The Balaban J connectivity index is 1.94. The van der Waals surface area contributed by atoms with E-state index in [1.165, 1.54) is 24.3 Å². The SMILES string of the molecule is O=C(CCC(F)(F)F)Nc1cccc2c1[C@H](c1cc(F)ccc1Cl)NC2=O. The highest BCUT2D eigenvalue weighted by atomic mass is 35.5. The predicted octanol–water partition coefficient (Wildman–Crippen LogP) is 4.59. The molecule has 1 atom stereocenters. The Labute approximate surface area is 156 Å². The van der Waals surface area contributed by atoms with Crippen molar-refractivity contribution in [2.24, 2.45) is 0 Å². The summed E-state index contributed by atoms with van der Waals surface area (Å²) in [5, 5.41) is 5.26. The molecule has 0 aromatic heterocycles. The predicted molar refractivity (Wildman–Crippen MR) is 91.1 cm³/mol. The summed E-state index contributed by atoms with van der Waals surface area (Å²) < 4.78 is 50.6. The lowest BCUT2D eigenvalue weighted by molar-refractivity contribution is -0.142. The highest BCUT2D eigenvalue weighted by molar-refractivity contribution is 6.31. The first-order chi connectivity index (χ1) is 12.7. The van der Waals surface area contributed by atoms with Crippen LogP contribution in [0.3, 0.4) is 0 Å². The van der Waals surface area contributed by atoms with E-state index in [1.807, 2.05) is 0 Å². The summed E-state index contributed by atoms with van der Waals surface area (Å²) in [4.78, 5) is 24.1. The molecule has 3 rings (SSSR count). The van der Waals surface area contributed by atoms with Gasteiger partial charge in [0.25, 0.3) is 5.91 Å². The van der Waals surface area contributed by atoms with Crippen molar-refractivity contribution in [3.05, 3.63) is 63.9 Å². The Morgan fingerprint density at radius 1 is 1.22 bits per heavy atom. The van der Waals surface area contributed by atoms with Gasteiger partial charge in [-0.3, -0.25) is 9.59 Å². The Kier molecular flexibility index (Phi) is 5.10. The molecule has 2 aromatic carbocycles. The molecule has 0 spiro atoms. The van der Waals surface area contributed by atoms with Gasteiger partial charge in [-0.15, -0.1) is 0 Å². The molecule has 27 heavy (non-hydrogen) atoms. The molecule has 9 heteroatoms. The molecule has 4 nitrogen and oxygen atoms in total. The summed E-state index contributed by atoms with van der Waals surface area (Å²) in [6.07, 6.45) is -6.46. The highest BCUT2D eigenvalue weighted by Gasteiger charge is 2.34. The zero-order valence-electron chi connectivity index (χ0n) is 13.7. The van der Waals surface area contributed by atoms with Gasteiger partial charge in [0.1, 0.15) is 5.82 Å². The average molecular weight is 401 g/mol. The molecular weight excluding hydrogens is 388 g/mol. The number of hydrogen-bond donors (Lipinski definition) is 2. The van der Waals surface area contributed by atoms with Crippen LogP contribution >= 0.6 is 11.6 Å². The fraction of sp³-hybridized carbons (Fsp3) is 0.222. The monoisotopic (exact) mass is 400 g/mol. The lowest BCUT2D eigenvalue weighted by atomic mass is 9.96. The van der Waals surface area contributed by atoms with Crippen molar-refractivity contribution in [1.29, 1.82) is 0 Å². The van der Waals surface area contributed by atoms with Gasteiger partial charge in [-0.2, -0.15) is 13.2 Å². The summed E-state index contributed by atoms with van der Waals surface area (Å²) in [7, 11) is 0. The molecule has 2 aromatic rings. The summed E-state index contributed by atoms with van der Waals surface area (Å²) >= 11 is 6.12. The summed E-state index contributed by atoms with van der Waals surface area (Å²) in [6, 6.07) is 7.27. The smallest absolute Gasteiger partial charge is 0.341 e. The topological polar surface area (TPSA) is 58.2 Å². The van der Waals surface area contributed by atoms with Crippen LogP contribution < -0.4 is 10.6 Å². The van der Waals surface area contributed by atoms with Crippen LogP contribution in [-0.4, -0.2) is 18.0 Å². The second kappa shape index (κ2) is 7.19. The van der Waals surface area contributed by atoms with Crippen molar-refractivity contribution >= 4 is 29.1 Å². The van der Waals surface area contributed by atoms with Crippen LogP contribution in [0.15, 0.2) is 36.4 Å². The molecule has 0 saturated carbocycles. The van der Waals surface area contributed by atoms with E-state index >= 15 is 0 Å². The molecule has 142 valence electrons. The van der Waals surface area contributed by atoms with Crippen LogP contribution in [-0.2, 0) is 4.79 Å². The molecule has 1 aliphatic heterocycles. The first kappa shape index (κ1) is 19.2. The number of fused-ring (bicyclic) bond motifs is 1. The van der Waals surface area contributed by atoms with Gasteiger partial charge in [-0.05, 0) is 30.3 Å². The van der Waals surface area contributed by atoms with E-state index in [-0.39, 0.29) is 21.8 Å². The van der Waals surface area contributed by atoms with Crippen molar-refractivity contribution < 1.29 is 27.2 Å². The molecule has 2 amide bonds. The molecule has 0 aliphatic carbocycles. The van der Waals surface area contributed by atoms with Crippen molar-refractivity contribution in [2.45, 2.75) is 25.1 Å². The summed E-state index contributed by atoms with van der Waals surface area (Å²) in [6.45, 7) is 0. The number of nitrogens with one attached hydrogen (secondary N) is 2. The zero-order valence-corrected chi connectivity index (χ0v) is 14.4. The maximum absolute atomic E-state index is 13.6. The number of halogens is 5. The van der Waals surface area contributed by atoms with Gasteiger partial charge in [-0.1, -0.05) is 17.7 Å². The molecule has 0 radical (unpaired) electrons. The first-order valence-corrected chi connectivity index (χ1v) is 8.29. The number of rotatable bonds is 4. The van der Waals surface area contributed by atoms with E-state index in [1.54, 1.807) is 0 Å². The number of hydrogen-bond acceptors (Lipinski definition) is 2. The molecule has 1 aliphatic rings. The average Bonchev–Trinajstić information content (AvgIpc) is 2.93. The third kappa shape index (κ3) is 4.21. The lowest BCUT2D eigenvalue weighted by Crippen LogP contribution is -2.21. The zero-order chi connectivity index (χ0) is 19.8. The third-order valence-corrected chi connectivity index (χ3v) is 4.44. The number of amides is 2. The van der Waals surface area contributed by atoms with Crippen molar-refractivity contribution in [1.82, 2.24) is 5.32 Å². The van der Waals surface area contributed by atoms with Gasteiger partial charge < -0.3 is 10.6 Å². The van der Waals surface area contributed by atoms with Crippen LogP contribution in [0.2, 0.25) is 5.02 Å². The Bertz CT molecular complexity index is 915. The van der Waals surface area contributed by atoms with Crippen LogP contribution in [0.5, 0.6) is 0 Å². The minimum absolute atomic E-state index is 0.170. The van der Waals surface area contributed by atoms with Gasteiger partial charge in [-0.25, -0.2) is 4.39 Å². The molecular formula is C18H13ClF4N2O2. The number of carbonyl (C=O) groups excluding carboxylic acids is 2. The minimum atomic E-state index is -4.45. The van der Waals surface area contributed by atoms with Crippen LogP contribution in [0.4, 0.5) is 23.2 Å². The standard InChI is InChI=1S/C18H13ClF4N2O2/c19-12-5-4-9(20)8-11(12)16-15-10(17(27)25-16)2-1-3-13(15)24-14(26)6-7-18(21,22)23/h1-5,8,16H,6-7H2,(H,24,26)(H,25,27)/t16-/m0/s1. The van der Waals surface area contributed by atoms with Crippen LogP contribution in [0, 0.1) is 5.82 Å². The van der Waals surface area contributed by atoms with E-state index in [0.717, 1.165) is 12.1 Å². The highest BCUT2D eigenvalue weighted by Crippen LogP contribution is 2.39. The van der Waals surface area contributed by atoms with Gasteiger partial charge in [0, 0.05) is 33.8 Å². The maximum atomic E-state index is 13.6. The largest absolute Gasteiger partial charge is 0.389 e. The minimum Gasteiger partial charge on any atom is -0.341 e. The fourth-order valence-electron chi connectivity index (χ4n) is 2.90. The van der Waals surface area contributed by atoms with E-state index in [4.69, 9.17) is 11.6 Å². The van der Waals surface area contributed by atoms with Gasteiger partial charge in [0.05, 0.1) is 12.5 Å². The fourth-order valence-corrected chi connectivity index (χ4v) is 3.13. The Morgan fingerprint density at radius 2 is 1.96 bits per heavy atom. The number of carbonyl (C=O) groups is 2. The number of anilines is 1. The van der Waals surface area contributed by atoms with E-state index < -0.39 is 42.7 Å². The van der Waals surface area contributed by atoms with Crippen molar-refractivity contribution in [3.8, 4) is 0 Å². The summed E-state index contributed by atoms with van der Waals surface area (Å²) in [5.74, 6) is -1.87.